The third kappa shape index (κ3) is 4.65. The first-order valence-electron chi connectivity index (χ1n) is 6.24. The molecule has 0 aliphatic rings. The number of aromatic nitrogens is 1. The van der Waals surface area contributed by atoms with E-state index in [-0.39, 0.29) is 0 Å². The fourth-order valence-electron chi connectivity index (χ4n) is 1.70. The lowest BCUT2D eigenvalue weighted by atomic mass is 10.2. The average Bonchev–Trinajstić information content (AvgIpc) is 2.43. The van der Waals surface area contributed by atoms with Crippen LogP contribution in [0.15, 0.2) is 47.2 Å². The van der Waals surface area contributed by atoms with Crippen molar-refractivity contribution in [3.63, 3.8) is 0 Å². The number of benzene rings is 1. The largest absolute Gasteiger partial charge is 0.492 e. The van der Waals surface area contributed by atoms with E-state index in [9.17, 15) is 0 Å². The van der Waals surface area contributed by atoms with Crippen molar-refractivity contribution in [2.45, 2.75) is 13.5 Å². The molecule has 0 spiro atoms. The quantitative estimate of drug-likeness (QED) is 0.829. The maximum Gasteiger partial charge on any atom is 0.123 e. The second-order valence-electron chi connectivity index (χ2n) is 4.30. The molecule has 1 aromatic carbocycles. The van der Waals surface area contributed by atoms with Crippen LogP contribution in [0.5, 0.6) is 5.75 Å². The summed E-state index contributed by atoms with van der Waals surface area (Å²) in [5.74, 6) is 0.928. The van der Waals surface area contributed by atoms with Gasteiger partial charge in [0.1, 0.15) is 12.4 Å². The number of nitrogens with zero attached hydrogens (tertiary/aromatic N) is 1. The van der Waals surface area contributed by atoms with Gasteiger partial charge in [0.05, 0.1) is 0 Å². The Morgan fingerprint density at radius 3 is 3.00 bits per heavy atom. The van der Waals surface area contributed by atoms with Crippen LogP contribution in [0.1, 0.15) is 11.1 Å². The fraction of sp³-hybridized carbons (Fsp3) is 0.267. The van der Waals surface area contributed by atoms with Crippen LogP contribution in [-0.2, 0) is 6.54 Å². The molecule has 0 aliphatic carbocycles. The number of hydrogen-bond acceptors (Lipinski definition) is 3. The lowest BCUT2D eigenvalue weighted by Crippen LogP contribution is -2.20. The molecule has 0 saturated heterocycles. The van der Waals surface area contributed by atoms with Crippen LogP contribution < -0.4 is 10.1 Å². The maximum absolute atomic E-state index is 5.75. The standard InChI is InChI=1S/C15H17BrN2O/c1-12-4-5-14(16)9-15(12)19-8-7-18-11-13-3-2-6-17-10-13/h2-6,9-10,18H,7-8,11H2,1H3. The summed E-state index contributed by atoms with van der Waals surface area (Å²) in [7, 11) is 0. The maximum atomic E-state index is 5.75. The van der Waals surface area contributed by atoms with Gasteiger partial charge in [0.2, 0.25) is 0 Å². The van der Waals surface area contributed by atoms with E-state index in [1.54, 1.807) is 6.20 Å². The van der Waals surface area contributed by atoms with Gasteiger partial charge in [-0.25, -0.2) is 0 Å². The molecule has 1 N–H and O–H groups in total. The number of halogens is 1. The first-order valence-corrected chi connectivity index (χ1v) is 7.03. The van der Waals surface area contributed by atoms with Crippen LogP contribution in [0.2, 0.25) is 0 Å². The Bertz CT molecular complexity index is 517. The highest BCUT2D eigenvalue weighted by atomic mass is 79.9. The van der Waals surface area contributed by atoms with E-state index in [4.69, 9.17) is 4.74 Å². The zero-order chi connectivity index (χ0) is 13.5. The number of aryl methyl sites for hydroxylation is 1. The minimum absolute atomic E-state index is 0.650. The van der Waals surface area contributed by atoms with Gasteiger partial charge in [-0.2, -0.15) is 0 Å². The van der Waals surface area contributed by atoms with Crippen LogP contribution in [0.25, 0.3) is 0 Å². The summed E-state index contributed by atoms with van der Waals surface area (Å²) >= 11 is 3.45. The first-order chi connectivity index (χ1) is 9.25. The van der Waals surface area contributed by atoms with Gasteiger partial charge in [-0.3, -0.25) is 4.98 Å². The molecule has 0 radical (unpaired) electrons. The highest BCUT2D eigenvalue weighted by Gasteiger charge is 2.00. The minimum Gasteiger partial charge on any atom is -0.492 e. The van der Waals surface area contributed by atoms with Crippen LogP contribution >= 0.6 is 15.9 Å². The second-order valence-corrected chi connectivity index (χ2v) is 5.21. The van der Waals surface area contributed by atoms with Gasteiger partial charge in [-0.15, -0.1) is 0 Å². The zero-order valence-corrected chi connectivity index (χ0v) is 12.5. The predicted octanol–water partition coefficient (Wildman–Crippen LogP) is 3.32. The molecule has 0 saturated carbocycles. The lowest BCUT2D eigenvalue weighted by molar-refractivity contribution is 0.311. The summed E-state index contributed by atoms with van der Waals surface area (Å²) in [6.07, 6.45) is 3.65. The molecule has 0 atom stereocenters. The van der Waals surface area contributed by atoms with E-state index < -0.39 is 0 Å². The molecule has 0 fully saturated rings. The van der Waals surface area contributed by atoms with Crippen molar-refractivity contribution in [1.82, 2.24) is 10.3 Å². The molecule has 3 nitrogen and oxygen atoms in total. The first kappa shape index (κ1) is 14.0. The van der Waals surface area contributed by atoms with Crippen molar-refractivity contribution >= 4 is 15.9 Å². The smallest absolute Gasteiger partial charge is 0.123 e. The van der Waals surface area contributed by atoms with E-state index in [1.165, 1.54) is 5.56 Å². The zero-order valence-electron chi connectivity index (χ0n) is 10.9. The molecule has 100 valence electrons. The van der Waals surface area contributed by atoms with Gasteiger partial charge in [-0.1, -0.05) is 28.1 Å². The van der Waals surface area contributed by atoms with Crippen molar-refractivity contribution in [3.8, 4) is 5.75 Å². The van der Waals surface area contributed by atoms with Gasteiger partial charge in [0.15, 0.2) is 0 Å². The van der Waals surface area contributed by atoms with E-state index in [0.29, 0.717) is 6.61 Å². The summed E-state index contributed by atoms with van der Waals surface area (Å²) in [5, 5.41) is 3.33. The van der Waals surface area contributed by atoms with Gasteiger partial charge in [0, 0.05) is 30.0 Å². The molecule has 0 aliphatic heterocycles. The monoisotopic (exact) mass is 320 g/mol. The molecule has 0 bridgehead atoms. The highest BCUT2D eigenvalue weighted by molar-refractivity contribution is 9.10. The molecule has 2 aromatic rings. The normalized spacial score (nSPS) is 10.4. The topological polar surface area (TPSA) is 34.1 Å². The Balaban J connectivity index is 1.71. The number of hydrogen-bond donors (Lipinski definition) is 1. The second kappa shape index (κ2) is 7.26. The summed E-state index contributed by atoms with van der Waals surface area (Å²) < 4.78 is 6.79. The number of pyridine rings is 1. The summed E-state index contributed by atoms with van der Waals surface area (Å²) in [5.41, 5.74) is 2.33. The van der Waals surface area contributed by atoms with Crippen LogP contribution in [-0.4, -0.2) is 18.1 Å². The number of nitrogens with one attached hydrogen (secondary N) is 1. The molecule has 1 aromatic heterocycles. The van der Waals surface area contributed by atoms with E-state index in [1.807, 2.05) is 37.4 Å². The Morgan fingerprint density at radius 2 is 2.21 bits per heavy atom. The van der Waals surface area contributed by atoms with Crippen LogP contribution in [0.3, 0.4) is 0 Å². The predicted molar refractivity (Wildman–Crippen MR) is 80.3 cm³/mol. The number of ether oxygens (including phenoxy) is 1. The van der Waals surface area contributed by atoms with Crippen molar-refractivity contribution in [1.29, 1.82) is 0 Å². The fourth-order valence-corrected chi connectivity index (χ4v) is 2.04. The summed E-state index contributed by atoms with van der Waals surface area (Å²) in [6.45, 7) is 4.32. The number of rotatable bonds is 6. The van der Waals surface area contributed by atoms with Crippen molar-refractivity contribution < 1.29 is 4.74 Å². The minimum atomic E-state index is 0.650. The Kier molecular flexibility index (Phi) is 5.36. The van der Waals surface area contributed by atoms with E-state index in [0.717, 1.165) is 28.9 Å². The van der Waals surface area contributed by atoms with Gasteiger partial charge in [0.25, 0.3) is 0 Å². The molecule has 1 heterocycles. The third-order valence-electron chi connectivity index (χ3n) is 2.74. The molecule has 0 unspecified atom stereocenters. The van der Waals surface area contributed by atoms with E-state index in [2.05, 4.69) is 32.3 Å². The average molecular weight is 321 g/mol. The van der Waals surface area contributed by atoms with Crippen LogP contribution in [0, 0.1) is 6.92 Å². The summed E-state index contributed by atoms with van der Waals surface area (Å²) in [4.78, 5) is 4.08. The van der Waals surface area contributed by atoms with Crippen molar-refractivity contribution in [3.05, 3.63) is 58.3 Å². The molecule has 2 rings (SSSR count). The van der Waals surface area contributed by atoms with Gasteiger partial charge < -0.3 is 10.1 Å². The molecular weight excluding hydrogens is 304 g/mol. The third-order valence-corrected chi connectivity index (χ3v) is 3.23. The Morgan fingerprint density at radius 1 is 1.32 bits per heavy atom. The molecule has 19 heavy (non-hydrogen) atoms. The lowest BCUT2D eigenvalue weighted by Gasteiger charge is -2.10. The Labute approximate surface area is 122 Å². The molecule has 0 amide bonds. The van der Waals surface area contributed by atoms with Crippen molar-refractivity contribution in [2.75, 3.05) is 13.2 Å². The molecular formula is C15H17BrN2O. The van der Waals surface area contributed by atoms with Gasteiger partial charge >= 0.3 is 0 Å². The Hall–Kier alpha value is -1.39. The highest BCUT2D eigenvalue weighted by Crippen LogP contribution is 2.22. The van der Waals surface area contributed by atoms with E-state index >= 15 is 0 Å². The summed E-state index contributed by atoms with van der Waals surface area (Å²) in [6, 6.07) is 10.1. The van der Waals surface area contributed by atoms with Gasteiger partial charge in [-0.05, 0) is 36.2 Å². The SMILES string of the molecule is Cc1ccc(Br)cc1OCCNCc1cccnc1. The van der Waals surface area contributed by atoms with Crippen LogP contribution in [0.4, 0.5) is 0 Å². The molecule has 4 heteroatoms. The van der Waals surface area contributed by atoms with Crippen molar-refractivity contribution in [2.24, 2.45) is 0 Å².